The highest BCUT2D eigenvalue weighted by Crippen LogP contribution is 2.24. The van der Waals surface area contributed by atoms with E-state index in [1.165, 1.54) is 10.1 Å². The number of thiol groups is 1. The maximum atomic E-state index is 4.13. The summed E-state index contributed by atoms with van der Waals surface area (Å²) in [4.78, 5) is 0. The van der Waals surface area contributed by atoms with E-state index in [0.29, 0.717) is 0 Å². The van der Waals surface area contributed by atoms with Gasteiger partial charge in [0, 0.05) is 33.2 Å². The quantitative estimate of drug-likeness (QED) is 0.549. The van der Waals surface area contributed by atoms with Crippen LogP contribution in [0.4, 0.5) is 0 Å². The van der Waals surface area contributed by atoms with Crippen LogP contribution in [0, 0.1) is 11.8 Å². The molecule has 0 nitrogen and oxygen atoms in total. The third-order valence-electron chi connectivity index (χ3n) is 1.94. The molecule has 0 atom stereocenters. The fourth-order valence-corrected chi connectivity index (χ4v) is 2.29. The number of fused-ring (bicyclic) bond motifs is 1. The maximum Gasteiger partial charge on any atom is 0.0431 e. The van der Waals surface area contributed by atoms with E-state index >= 15 is 0 Å². The summed E-state index contributed by atoms with van der Waals surface area (Å²) in [6, 6.07) is 8.36. The molecule has 0 aliphatic heterocycles. The summed E-state index contributed by atoms with van der Waals surface area (Å²) in [6.45, 7) is 0. The average Bonchev–Trinajstić information content (AvgIpc) is 2.63. The van der Waals surface area contributed by atoms with E-state index in [9.17, 15) is 0 Å². The van der Waals surface area contributed by atoms with Gasteiger partial charge in [0.25, 0.3) is 0 Å². The number of thiophene rings is 1. The van der Waals surface area contributed by atoms with Gasteiger partial charge in [-0.2, -0.15) is 12.6 Å². The SMILES string of the molecule is SCCC#Cc1csc2ccccc12. The van der Waals surface area contributed by atoms with Gasteiger partial charge in [0.05, 0.1) is 0 Å². The predicted molar refractivity (Wildman–Crippen MR) is 67.2 cm³/mol. The first-order chi connectivity index (χ1) is 6.92. The van der Waals surface area contributed by atoms with Crippen LogP contribution in [0.2, 0.25) is 0 Å². The molecule has 70 valence electrons. The van der Waals surface area contributed by atoms with Crippen LogP contribution in [0.5, 0.6) is 0 Å². The minimum absolute atomic E-state index is 0.828. The Morgan fingerprint density at radius 2 is 2.14 bits per heavy atom. The van der Waals surface area contributed by atoms with Crippen molar-refractivity contribution >= 4 is 34.1 Å². The van der Waals surface area contributed by atoms with Gasteiger partial charge in [0.2, 0.25) is 0 Å². The normalized spacial score (nSPS) is 9.79. The monoisotopic (exact) mass is 218 g/mol. The van der Waals surface area contributed by atoms with Crippen molar-refractivity contribution in [3.63, 3.8) is 0 Å². The van der Waals surface area contributed by atoms with Crippen molar-refractivity contribution in [2.24, 2.45) is 0 Å². The fourth-order valence-electron chi connectivity index (χ4n) is 1.29. The van der Waals surface area contributed by atoms with Crippen molar-refractivity contribution in [2.75, 3.05) is 5.75 Å². The Bertz CT molecular complexity index is 485. The Morgan fingerprint density at radius 3 is 3.00 bits per heavy atom. The molecule has 0 saturated carbocycles. The molecule has 0 radical (unpaired) electrons. The molecule has 2 heteroatoms. The van der Waals surface area contributed by atoms with Crippen LogP contribution >= 0.6 is 24.0 Å². The summed E-state index contributed by atoms with van der Waals surface area (Å²) in [6.07, 6.45) is 0.854. The van der Waals surface area contributed by atoms with Crippen LogP contribution in [0.1, 0.15) is 12.0 Å². The van der Waals surface area contributed by atoms with E-state index in [4.69, 9.17) is 0 Å². The first kappa shape index (κ1) is 9.64. The Morgan fingerprint density at radius 1 is 1.29 bits per heavy atom. The number of benzene rings is 1. The van der Waals surface area contributed by atoms with Crippen molar-refractivity contribution < 1.29 is 0 Å². The van der Waals surface area contributed by atoms with Crippen LogP contribution < -0.4 is 0 Å². The highest BCUT2D eigenvalue weighted by Gasteiger charge is 1.98. The van der Waals surface area contributed by atoms with E-state index in [-0.39, 0.29) is 0 Å². The lowest BCUT2D eigenvalue weighted by Crippen LogP contribution is -1.71. The largest absolute Gasteiger partial charge is 0.178 e. The minimum atomic E-state index is 0.828. The first-order valence-electron chi connectivity index (χ1n) is 4.48. The molecule has 0 amide bonds. The third kappa shape index (κ3) is 1.95. The minimum Gasteiger partial charge on any atom is -0.178 e. The van der Waals surface area contributed by atoms with E-state index < -0.39 is 0 Å². The van der Waals surface area contributed by atoms with Gasteiger partial charge in [-0.05, 0) is 6.07 Å². The molecule has 2 aromatic rings. The third-order valence-corrected chi connectivity index (χ3v) is 3.13. The molecule has 2 rings (SSSR count). The van der Waals surface area contributed by atoms with Gasteiger partial charge < -0.3 is 0 Å². The summed E-state index contributed by atoms with van der Waals surface area (Å²) in [7, 11) is 0. The van der Waals surface area contributed by atoms with Crippen LogP contribution in [0.15, 0.2) is 29.6 Å². The molecule has 0 bridgehead atoms. The molecular weight excluding hydrogens is 208 g/mol. The second-order valence-electron chi connectivity index (χ2n) is 2.92. The fraction of sp³-hybridized carbons (Fsp3) is 0.167. The second-order valence-corrected chi connectivity index (χ2v) is 4.28. The Hall–Kier alpha value is -0.910. The number of hydrogen-bond donors (Lipinski definition) is 1. The first-order valence-corrected chi connectivity index (χ1v) is 5.99. The van der Waals surface area contributed by atoms with Crippen molar-refractivity contribution in [3.8, 4) is 11.8 Å². The summed E-state index contributed by atoms with van der Waals surface area (Å²) in [5, 5.41) is 3.39. The number of hydrogen-bond acceptors (Lipinski definition) is 2. The summed E-state index contributed by atoms with van der Waals surface area (Å²) < 4.78 is 1.31. The zero-order chi connectivity index (χ0) is 9.80. The average molecular weight is 218 g/mol. The molecular formula is C12H10S2. The predicted octanol–water partition coefficient (Wildman–Crippen LogP) is 3.57. The Kier molecular flexibility index (Phi) is 3.13. The lowest BCUT2D eigenvalue weighted by Gasteiger charge is -1.87. The summed E-state index contributed by atoms with van der Waals surface area (Å²) in [5.74, 6) is 7.12. The molecule has 1 heterocycles. The van der Waals surface area contributed by atoms with Gasteiger partial charge in [-0.25, -0.2) is 0 Å². The zero-order valence-electron chi connectivity index (χ0n) is 7.66. The van der Waals surface area contributed by atoms with Crippen molar-refractivity contribution in [3.05, 3.63) is 35.2 Å². The van der Waals surface area contributed by atoms with Crippen LogP contribution in [0.25, 0.3) is 10.1 Å². The van der Waals surface area contributed by atoms with Gasteiger partial charge in [0.15, 0.2) is 0 Å². The standard InChI is InChI=1S/C12H10S2/c13-8-4-3-5-10-9-14-12-7-2-1-6-11(10)12/h1-2,6-7,9,13H,4,8H2. The highest BCUT2D eigenvalue weighted by molar-refractivity contribution is 7.80. The Balaban J connectivity index is 2.40. The van der Waals surface area contributed by atoms with Crippen molar-refractivity contribution in [1.29, 1.82) is 0 Å². The van der Waals surface area contributed by atoms with Crippen molar-refractivity contribution in [1.82, 2.24) is 0 Å². The van der Waals surface area contributed by atoms with Gasteiger partial charge in [-0.15, -0.1) is 11.3 Å². The van der Waals surface area contributed by atoms with Crippen LogP contribution in [0.3, 0.4) is 0 Å². The lowest BCUT2D eigenvalue weighted by atomic mass is 10.2. The lowest BCUT2D eigenvalue weighted by molar-refractivity contribution is 1.31. The van der Waals surface area contributed by atoms with Gasteiger partial charge in [-0.1, -0.05) is 30.0 Å². The van der Waals surface area contributed by atoms with Gasteiger partial charge in [-0.3, -0.25) is 0 Å². The molecule has 14 heavy (non-hydrogen) atoms. The zero-order valence-corrected chi connectivity index (χ0v) is 9.37. The molecule has 0 unspecified atom stereocenters. The van der Waals surface area contributed by atoms with E-state index in [1.807, 2.05) is 0 Å². The molecule has 1 aromatic carbocycles. The second kappa shape index (κ2) is 4.54. The summed E-state index contributed by atoms with van der Waals surface area (Å²) in [5.41, 5.74) is 1.15. The summed E-state index contributed by atoms with van der Waals surface area (Å²) >= 11 is 5.88. The molecule has 1 aromatic heterocycles. The number of rotatable bonds is 1. The van der Waals surface area contributed by atoms with Crippen molar-refractivity contribution in [2.45, 2.75) is 6.42 Å². The highest BCUT2D eigenvalue weighted by atomic mass is 32.1. The van der Waals surface area contributed by atoms with Crippen LogP contribution in [-0.4, -0.2) is 5.75 Å². The molecule has 0 spiro atoms. The maximum absolute atomic E-state index is 4.13. The smallest absolute Gasteiger partial charge is 0.0431 e. The topological polar surface area (TPSA) is 0 Å². The van der Waals surface area contributed by atoms with Gasteiger partial charge in [0.1, 0.15) is 0 Å². The van der Waals surface area contributed by atoms with Gasteiger partial charge >= 0.3 is 0 Å². The Labute approximate surface area is 93.4 Å². The van der Waals surface area contributed by atoms with E-state index in [2.05, 4.69) is 54.1 Å². The molecule has 0 N–H and O–H groups in total. The van der Waals surface area contributed by atoms with E-state index in [1.54, 1.807) is 11.3 Å². The molecule has 0 aliphatic rings. The van der Waals surface area contributed by atoms with E-state index in [0.717, 1.165) is 17.7 Å². The van der Waals surface area contributed by atoms with Crippen LogP contribution in [-0.2, 0) is 0 Å². The molecule has 0 saturated heterocycles. The molecule has 0 fully saturated rings. The molecule has 0 aliphatic carbocycles.